The van der Waals surface area contributed by atoms with E-state index in [4.69, 9.17) is 9.72 Å². The van der Waals surface area contributed by atoms with Gasteiger partial charge in [-0.15, -0.1) is 0 Å². The van der Waals surface area contributed by atoms with Gasteiger partial charge >= 0.3 is 0 Å². The third kappa shape index (κ3) is 4.74. The van der Waals surface area contributed by atoms with Crippen LogP contribution in [-0.4, -0.2) is 45.9 Å². The number of nitrogens with zero attached hydrogens (tertiary/aromatic N) is 3. The molecule has 1 aromatic heterocycles. The number of hydrogen-bond acceptors (Lipinski definition) is 5. The highest BCUT2D eigenvalue weighted by Crippen LogP contribution is 2.32. The lowest BCUT2D eigenvalue weighted by molar-refractivity contribution is -0.133. The van der Waals surface area contributed by atoms with Crippen LogP contribution in [0.5, 0.6) is 5.75 Å². The summed E-state index contributed by atoms with van der Waals surface area (Å²) < 4.78 is 5.24. The van der Waals surface area contributed by atoms with Crippen LogP contribution in [0.3, 0.4) is 0 Å². The third-order valence-corrected chi connectivity index (χ3v) is 7.17. The number of benzene rings is 1. The van der Waals surface area contributed by atoms with Gasteiger partial charge in [-0.3, -0.25) is 14.5 Å². The van der Waals surface area contributed by atoms with Crippen molar-refractivity contribution in [2.45, 2.75) is 57.7 Å². The Balaban J connectivity index is 1.29. The van der Waals surface area contributed by atoms with E-state index in [1.54, 1.807) is 7.11 Å². The molecule has 1 N–H and O–H groups in total. The number of carbonyl (C=O) groups is 1. The van der Waals surface area contributed by atoms with Crippen LogP contribution >= 0.6 is 0 Å². The van der Waals surface area contributed by atoms with Crippen molar-refractivity contribution in [1.29, 1.82) is 0 Å². The van der Waals surface area contributed by atoms with E-state index in [1.807, 2.05) is 17.0 Å². The molecule has 5 rings (SSSR count). The number of nitrogens with one attached hydrogen (secondary N) is 1. The first kappa shape index (κ1) is 21.9. The van der Waals surface area contributed by atoms with Crippen LogP contribution < -0.4 is 10.3 Å². The molecule has 0 spiro atoms. The number of likely N-dealkylation sites (tertiary alicyclic amines) is 1. The average molecular weight is 449 g/mol. The molecule has 1 fully saturated rings. The van der Waals surface area contributed by atoms with Gasteiger partial charge in [-0.1, -0.05) is 24.3 Å². The highest BCUT2D eigenvalue weighted by molar-refractivity contribution is 5.77. The van der Waals surface area contributed by atoms with E-state index in [1.165, 1.54) is 5.56 Å². The van der Waals surface area contributed by atoms with Crippen LogP contribution in [-0.2, 0) is 24.3 Å². The molecule has 0 radical (unpaired) electrons. The van der Waals surface area contributed by atoms with Crippen LogP contribution in [0, 0.1) is 5.92 Å². The van der Waals surface area contributed by atoms with E-state index >= 15 is 0 Å². The molecule has 1 amide bonds. The van der Waals surface area contributed by atoms with Gasteiger partial charge in [0.25, 0.3) is 5.56 Å². The van der Waals surface area contributed by atoms with Gasteiger partial charge in [-0.2, -0.15) is 0 Å². The highest BCUT2D eigenvalue weighted by Gasteiger charge is 2.33. The summed E-state index contributed by atoms with van der Waals surface area (Å²) in [5.41, 5.74) is 2.77. The van der Waals surface area contributed by atoms with E-state index in [0.29, 0.717) is 24.7 Å². The Morgan fingerprint density at radius 1 is 1.21 bits per heavy atom. The van der Waals surface area contributed by atoms with Crippen molar-refractivity contribution in [3.63, 3.8) is 0 Å². The van der Waals surface area contributed by atoms with E-state index < -0.39 is 0 Å². The van der Waals surface area contributed by atoms with Gasteiger partial charge in [0.2, 0.25) is 5.91 Å². The molecule has 0 unspecified atom stereocenters. The second kappa shape index (κ2) is 9.51. The predicted octanol–water partition coefficient (Wildman–Crippen LogP) is 3.36. The minimum absolute atomic E-state index is 0.0625. The molecular weight excluding hydrogens is 416 g/mol. The zero-order valence-corrected chi connectivity index (χ0v) is 19.3. The molecule has 0 saturated carbocycles. The number of fused-ring (bicyclic) bond motifs is 1. The lowest BCUT2D eigenvalue weighted by Gasteiger charge is -2.29. The van der Waals surface area contributed by atoms with Crippen molar-refractivity contribution in [1.82, 2.24) is 19.8 Å². The van der Waals surface area contributed by atoms with Crippen LogP contribution in [0.4, 0.5) is 0 Å². The van der Waals surface area contributed by atoms with Crippen molar-refractivity contribution in [2.24, 2.45) is 5.92 Å². The van der Waals surface area contributed by atoms with E-state index in [-0.39, 0.29) is 17.5 Å². The van der Waals surface area contributed by atoms with Crippen LogP contribution in [0.25, 0.3) is 0 Å². The maximum Gasteiger partial charge on any atom is 0.255 e. The minimum atomic E-state index is -0.113. The van der Waals surface area contributed by atoms with Gasteiger partial charge in [-0.05, 0) is 49.3 Å². The number of amides is 1. The number of ether oxygens (including phenoxy) is 1. The Hall–Kier alpha value is -2.93. The van der Waals surface area contributed by atoms with Gasteiger partial charge in [0.05, 0.1) is 24.4 Å². The molecule has 7 heteroatoms. The lowest BCUT2D eigenvalue weighted by Crippen LogP contribution is -2.38. The summed E-state index contributed by atoms with van der Waals surface area (Å²) in [5, 5.41) is 0. The van der Waals surface area contributed by atoms with Crippen LogP contribution in [0.1, 0.15) is 60.8 Å². The Labute approximate surface area is 194 Å². The molecule has 2 atom stereocenters. The van der Waals surface area contributed by atoms with E-state index in [9.17, 15) is 9.59 Å². The zero-order valence-electron chi connectivity index (χ0n) is 19.3. The minimum Gasteiger partial charge on any atom is -0.497 e. The third-order valence-electron chi connectivity index (χ3n) is 7.17. The maximum atomic E-state index is 13.0. The first-order valence-corrected chi connectivity index (χ1v) is 12.0. The predicted molar refractivity (Wildman–Crippen MR) is 126 cm³/mol. The summed E-state index contributed by atoms with van der Waals surface area (Å²) >= 11 is 0. The molecule has 33 heavy (non-hydrogen) atoms. The van der Waals surface area contributed by atoms with Gasteiger partial charge in [0.15, 0.2) is 0 Å². The Kier molecular flexibility index (Phi) is 6.31. The molecule has 7 nitrogen and oxygen atoms in total. The summed E-state index contributed by atoms with van der Waals surface area (Å²) in [5.74, 6) is 2.04. The summed E-state index contributed by atoms with van der Waals surface area (Å²) in [7, 11) is 1.66. The van der Waals surface area contributed by atoms with Crippen molar-refractivity contribution in [2.75, 3.05) is 20.2 Å². The van der Waals surface area contributed by atoms with Crippen LogP contribution in [0.2, 0.25) is 0 Å². The number of aromatic nitrogens is 2. The Morgan fingerprint density at radius 3 is 2.82 bits per heavy atom. The number of methoxy groups -OCH3 is 1. The summed E-state index contributed by atoms with van der Waals surface area (Å²) in [6.07, 6.45) is 9.57. The standard InChI is InChI=1S/C26H32N4O3/c1-33-20-10-8-19(9-11-20)16-29-14-12-22-21(17-29)26(32)28-25(27-22)23-7-4-13-30(23)24(31)15-18-5-2-3-6-18/h2,5,8-11,18,23H,3-4,6-7,12-17H2,1H3,(H,27,28,32)/t18-,23-/m1/s1. The molecule has 3 aliphatic rings. The second-order valence-corrected chi connectivity index (χ2v) is 9.40. The average Bonchev–Trinajstić information content (AvgIpc) is 3.52. The summed E-state index contributed by atoms with van der Waals surface area (Å²) in [4.78, 5) is 38.1. The fraction of sp³-hybridized carbons (Fsp3) is 0.500. The molecule has 2 aromatic rings. The Bertz CT molecular complexity index is 1090. The summed E-state index contributed by atoms with van der Waals surface area (Å²) in [6, 6.07) is 7.94. The summed E-state index contributed by atoms with van der Waals surface area (Å²) in [6.45, 7) is 2.98. The van der Waals surface area contributed by atoms with Crippen molar-refractivity contribution in [3.05, 3.63) is 69.4 Å². The first-order chi connectivity index (χ1) is 16.1. The number of allylic oxidation sites excluding steroid dienone is 2. The fourth-order valence-electron chi connectivity index (χ4n) is 5.34. The SMILES string of the molecule is COc1ccc(CN2CCc3nc([C@H]4CCCN4C(=O)C[C@@H]4C=CCC4)[nH]c(=O)c3C2)cc1. The first-order valence-electron chi connectivity index (χ1n) is 12.0. The number of hydrogen-bond donors (Lipinski definition) is 1. The Morgan fingerprint density at radius 2 is 2.06 bits per heavy atom. The smallest absolute Gasteiger partial charge is 0.255 e. The number of H-pyrrole nitrogens is 1. The van der Waals surface area contributed by atoms with E-state index in [0.717, 1.165) is 68.7 Å². The van der Waals surface area contributed by atoms with Crippen molar-refractivity contribution in [3.8, 4) is 5.75 Å². The number of carbonyl (C=O) groups excluding carboxylic acids is 1. The van der Waals surface area contributed by atoms with Gasteiger partial charge in [0, 0.05) is 39.0 Å². The molecule has 174 valence electrons. The van der Waals surface area contributed by atoms with E-state index in [2.05, 4.69) is 34.2 Å². The second-order valence-electron chi connectivity index (χ2n) is 9.40. The molecule has 1 aromatic carbocycles. The topological polar surface area (TPSA) is 78.5 Å². The molecule has 3 heterocycles. The maximum absolute atomic E-state index is 13.0. The molecule has 1 saturated heterocycles. The van der Waals surface area contributed by atoms with Gasteiger partial charge < -0.3 is 14.6 Å². The molecule has 2 aliphatic heterocycles. The van der Waals surface area contributed by atoms with Gasteiger partial charge in [0.1, 0.15) is 11.6 Å². The number of rotatable bonds is 6. The lowest BCUT2D eigenvalue weighted by atomic mass is 10.0. The van der Waals surface area contributed by atoms with Crippen molar-refractivity contribution >= 4 is 5.91 Å². The largest absolute Gasteiger partial charge is 0.497 e. The number of aromatic amines is 1. The fourth-order valence-corrected chi connectivity index (χ4v) is 5.34. The van der Waals surface area contributed by atoms with Crippen LogP contribution in [0.15, 0.2) is 41.2 Å². The highest BCUT2D eigenvalue weighted by atomic mass is 16.5. The zero-order chi connectivity index (χ0) is 22.8. The monoisotopic (exact) mass is 448 g/mol. The van der Waals surface area contributed by atoms with Crippen molar-refractivity contribution < 1.29 is 9.53 Å². The molecule has 0 bridgehead atoms. The molecular formula is C26H32N4O3. The quantitative estimate of drug-likeness (QED) is 0.686. The normalized spacial score (nSPS) is 22.5. The van der Waals surface area contributed by atoms with Gasteiger partial charge in [-0.25, -0.2) is 4.98 Å². The molecule has 1 aliphatic carbocycles.